The highest BCUT2D eigenvalue weighted by molar-refractivity contribution is 5.80. The summed E-state index contributed by atoms with van der Waals surface area (Å²) < 4.78 is 0. The minimum Gasteiger partial charge on any atom is -0.342 e. The van der Waals surface area contributed by atoms with E-state index in [2.05, 4.69) is 15.1 Å². The summed E-state index contributed by atoms with van der Waals surface area (Å²) in [4.78, 5) is 29.0. The molecule has 0 saturated carbocycles. The molecule has 4 heterocycles. The van der Waals surface area contributed by atoms with Crippen molar-refractivity contribution in [1.29, 1.82) is 0 Å². The minimum absolute atomic E-state index is 0.188. The van der Waals surface area contributed by atoms with Gasteiger partial charge in [0.25, 0.3) is 0 Å². The first-order valence-corrected chi connectivity index (χ1v) is 8.51. The number of carbonyl (C=O) groups excluding carboxylic acids is 2. The van der Waals surface area contributed by atoms with Gasteiger partial charge in [0.2, 0.25) is 11.8 Å². The summed E-state index contributed by atoms with van der Waals surface area (Å²) in [6.07, 6.45) is 5.09. The molecule has 0 radical (unpaired) electrons. The van der Waals surface area contributed by atoms with Gasteiger partial charge in [0.05, 0.1) is 5.92 Å². The second kappa shape index (κ2) is 5.27. The summed E-state index contributed by atoms with van der Waals surface area (Å²) in [5, 5.41) is 3.29. The van der Waals surface area contributed by atoms with E-state index in [9.17, 15) is 9.59 Å². The van der Waals surface area contributed by atoms with Gasteiger partial charge in [0.15, 0.2) is 0 Å². The van der Waals surface area contributed by atoms with Gasteiger partial charge in [0, 0.05) is 38.6 Å². The molecule has 5 nitrogen and oxygen atoms in total. The Morgan fingerprint density at radius 2 is 2.10 bits per heavy atom. The van der Waals surface area contributed by atoms with Crippen molar-refractivity contribution in [1.82, 2.24) is 15.1 Å². The maximum atomic E-state index is 12.7. The van der Waals surface area contributed by atoms with Crippen LogP contribution in [0.15, 0.2) is 0 Å². The van der Waals surface area contributed by atoms with Gasteiger partial charge in [-0.05, 0) is 44.1 Å². The fraction of sp³-hybridized carbons (Fsp3) is 0.875. The average molecular weight is 291 g/mol. The van der Waals surface area contributed by atoms with E-state index in [4.69, 9.17) is 0 Å². The monoisotopic (exact) mass is 291 g/mol. The zero-order chi connectivity index (χ0) is 14.4. The molecule has 4 atom stereocenters. The van der Waals surface area contributed by atoms with E-state index >= 15 is 0 Å². The second-order valence-electron chi connectivity index (χ2n) is 7.30. The topological polar surface area (TPSA) is 52.7 Å². The number of likely N-dealkylation sites (tertiary alicyclic amines) is 1. The predicted octanol–water partition coefficient (Wildman–Crippen LogP) is 0.455. The number of nitrogens with zero attached hydrogens (tertiary/aromatic N) is 2. The van der Waals surface area contributed by atoms with E-state index in [1.165, 1.54) is 6.42 Å². The maximum Gasteiger partial charge on any atom is 0.227 e. The standard InChI is InChI=1S/C16H25N3O2/c20-15-3-1-2-14-13-6-11(9-19(14)15)8-18(10-13)16(21)12-4-5-17-7-12/h11-14,17H,1-10H2/t11-,12?,13-,14-/m0/s1. The van der Waals surface area contributed by atoms with Crippen LogP contribution in [0.2, 0.25) is 0 Å². The lowest BCUT2D eigenvalue weighted by Gasteiger charge is -2.52. The fourth-order valence-corrected chi connectivity index (χ4v) is 4.91. The van der Waals surface area contributed by atoms with Crippen LogP contribution in [0.25, 0.3) is 0 Å². The molecule has 1 N–H and O–H groups in total. The molecule has 4 aliphatic rings. The molecule has 0 aliphatic carbocycles. The van der Waals surface area contributed by atoms with Crippen LogP contribution in [-0.2, 0) is 9.59 Å². The van der Waals surface area contributed by atoms with Crippen LogP contribution in [-0.4, -0.2) is 60.4 Å². The van der Waals surface area contributed by atoms with Crippen LogP contribution in [0.1, 0.15) is 32.1 Å². The number of piperidine rings is 3. The number of rotatable bonds is 1. The molecule has 0 spiro atoms. The minimum atomic E-state index is 0.188. The van der Waals surface area contributed by atoms with Crippen LogP contribution in [0, 0.1) is 17.8 Å². The van der Waals surface area contributed by atoms with E-state index < -0.39 is 0 Å². The van der Waals surface area contributed by atoms with Gasteiger partial charge in [-0.25, -0.2) is 0 Å². The molecule has 4 saturated heterocycles. The summed E-state index contributed by atoms with van der Waals surface area (Å²) >= 11 is 0. The molecule has 0 aromatic heterocycles. The van der Waals surface area contributed by atoms with Crippen molar-refractivity contribution in [2.24, 2.45) is 17.8 Å². The Balaban J connectivity index is 1.48. The Hall–Kier alpha value is -1.10. The summed E-state index contributed by atoms with van der Waals surface area (Å²) in [6.45, 7) is 4.44. The van der Waals surface area contributed by atoms with E-state index in [-0.39, 0.29) is 5.92 Å². The van der Waals surface area contributed by atoms with Gasteiger partial charge in [-0.2, -0.15) is 0 Å². The molecule has 2 amide bonds. The summed E-state index contributed by atoms with van der Waals surface area (Å²) in [5.41, 5.74) is 0. The van der Waals surface area contributed by atoms with Crippen LogP contribution < -0.4 is 5.32 Å². The third-order valence-corrected chi connectivity index (χ3v) is 5.90. The molecule has 5 heteroatoms. The van der Waals surface area contributed by atoms with Crippen molar-refractivity contribution in [3.63, 3.8) is 0 Å². The molecule has 0 aromatic carbocycles. The van der Waals surface area contributed by atoms with Crippen molar-refractivity contribution in [3.8, 4) is 0 Å². The third-order valence-electron chi connectivity index (χ3n) is 5.90. The highest BCUT2D eigenvalue weighted by atomic mass is 16.2. The maximum absolute atomic E-state index is 12.7. The molecule has 4 aliphatic heterocycles. The third kappa shape index (κ3) is 2.35. The molecule has 4 fully saturated rings. The van der Waals surface area contributed by atoms with Gasteiger partial charge in [0.1, 0.15) is 0 Å². The van der Waals surface area contributed by atoms with Gasteiger partial charge in [-0.1, -0.05) is 0 Å². The molecular weight excluding hydrogens is 266 g/mol. The Kier molecular flexibility index (Phi) is 3.40. The molecule has 1 unspecified atom stereocenters. The number of amides is 2. The first kappa shape index (κ1) is 13.6. The van der Waals surface area contributed by atoms with Crippen LogP contribution in [0.5, 0.6) is 0 Å². The lowest BCUT2D eigenvalue weighted by molar-refractivity contribution is -0.150. The van der Waals surface area contributed by atoms with E-state index in [1.54, 1.807) is 0 Å². The number of nitrogens with one attached hydrogen (secondary N) is 1. The van der Waals surface area contributed by atoms with Crippen molar-refractivity contribution in [3.05, 3.63) is 0 Å². The number of fused-ring (bicyclic) bond motifs is 4. The van der Waals surface area contributed by atoms with Crippen molar-refractivity contribution in [2.45, 2.75) is 38.1 Å². The second-order valence-corrected chi connectivity index (χ2v) is 7.30. The quantitative estimate of drug-likeness (QED) is 0.763. The van der Waals surface area contributed by atoms with Crippen LogP contribution >= 0.6 is 0 Å². The van der Waals surface area contributed by atoms with Crippen molar-refractivity contribution < 1.29 is 9.59 Å². The largest absolute Gasteiger partial charge is 0.342 e. The molecule has 0 aromatic rings. The zero-order valence-corrected chi connectivity index (χ0v) is 12.6. The van der Waals surface area contributed by atoms with E-state index in [1.807, 2.05) is 0 Å². The summed E-state index contributed by atoms with van der Waals surface area (Å²) in [5.74, 6) is 1.90. The summed E-state index contributed by atoms with van der Waals surface area (Å²) in [6, 6.07) is 0.403. The van der Waals surface area contributed by atoms with E-state index in [0.29, 0.717) is 29.7 Å². The fourth-order valence-electron chi connectivity index (χ4n) is 4.91. The average Bonchev–Trinajstić information content (AvgIpc) is 3.02. The van der Waals surface area contributed by atoms with E-state index in [0.717, 1.165) is 58.4 Å². The summed E-state index contributed by atoms with van der Waals surface area (Å²) in [7, 11) is 0. The van der Waals surface area contributed by atoms with Crippen LogP contribution in [0.4, 0.5) is 0 Å². The molecule has 4 rings (SSSR count). The van der Waals surface area contributed by atoms with Crippen molar-refractivity contribution >= 4 is 11.8 Å². The predicted molar refractivity (Wildman–Crippen MR) is 78.5 cm³/mol. The lowest BCUT2D eigenvalue weighted by Crippen LogP contribution is -2.61. The van der Waals surface area contributed by atoms with Crippen LogP contribution in [0.3, 0.4) is 0 Å². The molecule has 116 valence electrons. The Morgan fingerprint density at radius 1 is 1.19 bits per heavy atom. The lowest BCUT2D eigenvalue weighted by atomic mass is 9.75. The van der Waals surface area contributed by atoms with Crippen molar-refractivity contribution in [2.75, 3.05) is 32.7 Å². The first-order chi connectivity index (χ1) is 10.2. The van der Waals surface area contributed by atoms with Gasteiger partial charge >= 0.3 is 0 Å². The number of hydrogen-bond acceptors (Lipinski definition) is 3. The van der Waals surface area contributed by atoms with Gasteiger partial charge < -0.3 is 15.1 Å². The normalized spacial score (nSPS) is 39.3. The number of hydrogen-bond donors (Lipinski definition) is 1. The highest BCUT2D eigenvalue weighted by Crippen LogP contribution is 2.38. The Morgan fingerprint density at radius 3 is 2.90 bits per heavy atom. The molecular formula is C16H25N3O2. The first-order valence-electron chi connectivity index (χ1n) is 8.51. The molecule has 2 bridgehead atoms. The highest BCUT2D eigenvalue weighted by Gasteiger charge is 2.45. The number of carbonyl (C=O) groups is 2. The Bertz CT molecular complexity index is 447. The van der Waals surface area contributed by atoms with Gasteiger partial charge in [-0.15, -0.1) is 0 Å². The van der Waals surface area contributed by atoms with Gasteiger partial charge in [-0.3, -0.25) is 9.59 Å². The smallest absolute Gasteiger partial charge is 0.227 e. The Labute approximate surface area is 126 Å². The SMILES string of the molecule is O=C(C1CCNC1)N1C[C@@H]2C[C@@H](C1)[C@@H]1CCCC(=O)N1C2. The molecule has 21 heavy (non-hydrogen) atoms. The zero-order valence-electron chi connectivity index (χ0n) is 12.6.